The first kappa shape index (κ1) is 26.3. The van der Waals surface area contributed by atoms with Gasteiger partial charge in [0, 0.05) is 58.2 Å². The zero-order valence-electron chi connectivity index (χ0n) is 20.1. The van der Waals surface area contributed by atoms with Gasteiger partial charge in [0.1, 0.15) is 0 Å². The Kier molecular flexibility index (Phi) is 8.31. The maximum atomic E-state index is 12.8. The molecule has 38 heavy (non-hydrogen) atoms. The van der Waals surface area contributed by atoms with Crippen LogP contribution in [-0.4, -0.2) is 58.8 Å². The molecule has 3 aromatic carbocycles. The number of nitrogens with zero attached hydrogens (tertiary/aromatic N) is 4. The second-order valence-corrected chi connectivity index (χ2v) is 10.8. The lowest BCUT2D eigenvalue weighted by atomic mass is 10.1. The minimum absolute atomic E-state index is 0.0503. The summed E-state index contributed by atoms with van der Waals surface area (Å²) in [6.07, 6.45) is 0. The molecule has 0 bridgehead atoms. The summed E-state index contributed by atoms with van der Waals surface area (Å²) in [6.45, 7) is 2.79. The fourth-order valence-corrected chi connectivity index (χ4v) is 5.05. The summed E-state index contributed by atoms with van der Waals surface area (Å²) in [5, 5.41) is 11.8. The molecule has 0 aliphatic carbocycles. The quantitative estimate of drug-likeness (QED) is 0.262. The van der Waals surface area contributed by atoms with Gasteiger partial charge >= 0.3 is 0 Å². The molecule has 194 valence electrons. The van der Waals surface area contributed by atoms with Crippen molar-refractivity contribution in [1.82, 2.24) is 15.1 Å². The van der Waals surface area contributed by atoms with Crippen LogP contribution in [0.2, 0.25) is 5.02 Å². The van der Waals surface area contributed by atoms with E-state index in [2.05, 4.69) is 36.3 Å². The van der Waals surface area contributed by atoms with E-state index >= 15 is 0 Å². The molecular weight excluding hydrogens is 590 g/mol. The van der Waals surface area contributed by atoms with Gasteiger partial charge in [0.2, 0.25) is 11.8 Å². The highest BCUT2D eigenvalue weighted by molar-refractivity contribution is 9.10. The Morgan fingerprint density at radius 2 is 1.71 bits per heavy atom. The molecule has 2 heterocycles. The number of aromatic nitrogens is 2. The average molecular weight is 613 g/mol. The van der Waals surface area contributed by atoms with Crippen molar-refractivity contribution in [1.29, 1.82) is 0 Å². The largest absolute Gasteiger partial charge is 0.411 e. The summed E-state index contributed by atoms with van der Waals surface area (Å²) in [7, 11) is 0. The van der Waals surface area contributed by atoms with E-state index in [0.29, 0.717) is 40.5 Å². The third-order valence-corrected chi connectivity index (χ3v) is 7.56. The van der Waals surface area contributed by atoms with E-state index in [1.165, 1.54) is 11.8 Å². The number of nitrogens with one attached hydrogen (secondary N) is 1. The summed E-state index contributed by atoms with van der Waals surface area (Å²) in [5.74, 6) is 0.358. The molecule has 11 heteroatoms. The number of thioether (sulfide) groups is 1. The third kappa shape index (κ3) is 6.56. The van der Waals surface area contributed by atoms with Gasteiger partial charge in [-0.15, -0.1) is 10.2 Å². The fourth-order valence-electron chi connectivity index (χ4n) is 4.03. The Bertz CT molecular complexity index is 1420. The van der Waals surface area contributed by atoms with Crippen molar-refractivity contribution < 1.29 is 14.0 Å². The van der Waals surface area contributed by atoms with E-state index in [-0.39, 0.29) is 17.6 Å². The highest BCUT2D eigenvalue weighted by Gasteiger charge is 2.22. The zero-order chi connectivity index (χ0) is 26.5. The van der Waals surface area contributed by atoms with E-state index in [4.69, 9.17) is 16.0 Å². The van der Waals surface area contributed by atoms with Crippen molar-refractivity contribution in [2.75, 3.05) is 42.1 Å². The van der Waals surface area contributed by atoms with Gasteiger partial charge in [0.05, 0.1) is 5.75 Å². The van der Waals surface area contributed by atoms with Gasteiger partial charge in [0.25, 0.3) is 11.1 Å². The summed E-state index contributed by atoms with van der Waals surface area (Å²) in [6, 6.07) is 22.3. The monoisotopic (exact) mass is 611 g/mol. The number of amides is 2. The first-order valence-corrected chi connectivity index (χ1v) is 14.0. The number of piperazine rings is 1. The van der Waals surface area contributed by atoms with Crippen LogP contribution in [0.15, 0.2) is 86.9 Å². The standard InChI is InChI=1S/C27H23BrClN5O3S/c28-20-6-4-18(5-7-20)26(36)34-14-12-33(13-15-34)23-10-8-22(9-11-23)30-24(35)17-38-27-32-31-25(37-27)19-2-1-3-21(29)16-19/h1-11,16H,12-15,17H2,(H,30,35). The number of hydrogen-bond acceptors (Lipinski definition) is 7. The van der Waals surface area contributed by atoms with Crippen molar-refractivity contribution in [2.24, 2.45) is 0 Å². The van der Waals surface area contributed by atoms with Crippen LogP contribution in [0.25, 0.3) is 11.5 Å². The Balaban J connectivity index is 1.09. The van der Waals surface area contributed by atoms with E-state index in [9.17, 15) is 9.59 Å². The Morgan fingerprint density at radius 1 is 0.974 bits per heavy atom. The second-order valence-electron chi connectivity index (χ2n) is 8.55. The molecule has 1 aliphatic heterocycles. The summed E-state index contributed by atoms with van der Waals surface area (Å²) < 4.78 is 6.58. The Hall–Kier alpha value is -3.34. The minimum Gasteiger partial charge on any atom is -0.411 e. The Labute approximate surface area is 237 Å². The molecule has 0 unspecified atom stereocenters. The van der Waals surface area contributed by atoms with Crippen LogP contribution in [0.1, 0.15) is 10.4 Å². The lowest BCUT2D eigenvalue weighted by Gasteiger charge is -2.36. The molecule has 8 nitrogen and oxygen atoms in total. The highest BCUT2D eigenvalue weighted by atomic mass is 79.9. The van der Waals surface area contributed by atoms with Crippen molar-refractivity contribution in [3.8, 4) is 11.5 Å². The number of rotatable bonds is 7. The van der Waals surface area contributed by atoms with Crippen molar-refractivity contribution >= 4 is 62.5 Å². The smallest absolute Gasteiger partial charge is 0.277 e. The highest BCUT2D eigenvalue weighted by Crippen LogP contribution is 2.26. The SMILES string of the molecule is O=C(CSc1nnc(-c2cccc(Cl)c2)o1)Nc1ccc(N2CCN(C(=O)c3ccc(Br)cc3)CC2)cc1. The Morgan fingerprint density at radius 3 is 2.42 bits per heavy atom. The van der Waals surface area contributed by atoms with E-state index in [1.807, 2.05) is 59.5 Å². The van der Waals surface area contributed by atoms with Crippen LogP contribution in [0.4, 0.5) is 11.4 Å². The molecule has 5 rings (SSSR count). The lowest BCUT2D eigenvalue weighted by molar-refractivity contribution is -0.113. The number of anilines is 2. The molecule has 0 spiro atoms. The molecule has 4 aromatic rings. The van der Waals surface area contributed by atoms with Gasteiger partial charge in [-0.1, -0.05) is 45.4 Å². The van der Waals surface area contributed by atoms with Crippen molar-refractivity contribution in [2.45, 2.75) is 5.22 Å². The van der Waals surface area contributed by atoms with Gasteiger partial charge in [0.15, 0.2) is 0 Å². The third-order valence-electron chi connectivity index (χ3n) is 5.98. The topological polar surface area (TPSA) is 91.6 Å². The van der Waals surface area contributed by atoms with Crippen LogP contribution in [0, 0.1) is 0 Å². The van der Waals surface area contributed by atoms with Gasteiger partial charge in [-0.05, 0) is 66.7 Å². The van der Waals surface area contributed by atoms with E-state index in [1.54, 1.807) is 18.2 Å². The molecule has 0 atom stereocenters. The number of carbonyl (C=O) groups is 2. The second kappa shape index (κ2) is 12.0. The zero-order valence-corrected chi connectivity index (χ0v) is 23.3. The molecule has 1 N–H and O–H groups in total. The van der Waals surface area contributed by atoms with E-state index in [0.717, 1.165) is 28.8 Å². The first-order valence-electron chi connectivity index (χ1n) is 11.9. The maximum absolute atomic E-state index is 12.8. The summed E-state index contributed by atoms with van der Waals surface area (Å²) in [5.41, 5.74) is 3.17. The molecule has 1 aliphatic rings. The summed E-state index contributed by atoms with van der Waals surface area (Å²) in [4.78, 5) is 29.3. The van der Waals surface area contributed by atoms with Gasteiger partial charge < -0.3 is 19.5 Å². The predicted molar refractivity (Wildman–Crippen MR) is 153 cm³/mol. The number of benzene rings is 3. The van der Waals surface area contributed by atoms with Crippen LogP contribution < -0.4 is 10.2 Å². The lowest BCUT2D eigenvalue weighted by Crippen LogP contribution is -2.48. The predicted octanol–water partition coefficient (Wildman–Crippen LogP) is 5.85. The minimum atomic E-state index is -0.176. The molecule has 0 radical (unpaired) electrons. The summed E-state index contributed by atoms with van der Waals surface area (Å²) >= 11 is 10.6. The molecule has 0 saturated carbocycles. The maximum Gasteiger partial charge on any atom is 0.277 e. The molecular formula is C27H23BrClN5O3S. The normalized spacial score (nSPS) is 13.4. The van der Waals surface area contributed by atoms with Gasteiger partial charge in [-0.3, -0.25) is 9.59 Å². The van der Waals surface area contributed by atoms with E-state index < -0.39 is 0 Å². The molecule has 1 saturated heterocycles. The average Bonchev–Trinajstić information content (AvgIpc) is 3.42. The van der Waals surface area contributed by atoms with Crippen LogP contribution in [0.5, 0.6) is 0 Å². The van der Waals surface area contributed by atoms with Crippen molar-refractivity contribution in [3.05, 3.63) is 87.9 Å². The number of halogens is 2. The van der Waals surface area contributed by atoms with Crippen LogP contribution >= 0.6 is 39.3 Å². The fraction of sp³-hybridized carbons (Fsp3) is 0.185. The van der Waals surface area contributed by atoms with Crippen molar-refractivity contribution in [3.63, 3.8) is 0 Å². The molecule has 1 aromatic heterocycles. The molecule has 1 fully saturated rings. The van der Waals surface area contributed by atoms with Crippen LogP contribution in [0.3, 0.4) is 0 Å². The number of hydrogen-bond donors (Lipinski definition) is 1. The first-order chi connectivity index (χ1) is 18.4. The molecule has 2 amide bonds. The van der Waals surface area contributed by atoms with Crippen LogP contribution in [-0.2, 0) is 4.79 Å². The number of carbonyl (C=O) groups excluding carboxylic acids is 2. The van der Waals surface area contributed by atoms with Gasteiger partial charge in [-0.25, -0.2) is 0 Å². The van der Waals surface area contributed by atoms with Gasteiger partial charge in [-0.2, -0.15) is 0 Å².